The third-order valence-corrected chi connectivity index (χ3v) is 3.83. The van der Waals surface area contributed by atoms with Gasteiger partial charge < -0.3 is 0 Å². The van der Waals surface area contributed by atoms with Gasteiger partial charge in [-0.3, -0.25) is 0 Å². The van der Waals surface area contributed by atoms with E-state index in [2.05, 4.69) is 56.1 Å². The Morgan fingerprint density at radius 3 is 2.11 bits per heavy atom. The lowest BCUT2D eigenvalue weighted by atomic mass is 9.85. The van der Waals surface area contributed by atoms with Gasteiger partial charge in [0.25, 0.3) is 0 Å². The summed E-state index contributed by atoms with van der Waals surface area (Å²) in [5, 5.41) is 4.82. The van der Waals surface area contributed by atoms with Crippen LogP contribution in [0.15, 0.2) is 0 Å². The molecule has 0 aromatic carbocycles. The minimum atomic E-state index is -0.0892. The van der Waals surface area contributed by atoms with Crippen LogP contribution in [-0.2, 0) is 10.8 Å². The first-order valence-electron chi connectivity index (χ1n) is 5.95. The normalized spacial score (nSPS) is 13.3. The molecule has 2 aromatic rings. The van der Waals surface area contributed by atoms with E-state index in [0.29, 0.717) is 5.15 Å². The summed E-state index contributed by atoms with van der Waals surface area (Å²) < 4.78 is 5.15. The van der Waals surface area contributed by atoms with Gasteiger partial charge in [0.2, 0.25) is 0 Å². The molecule has 2 rings (SSSR count). The Kier molecular flexibility index (Phi) is 3.14. The number of halogens is 1. The van der Waals surface area contributed by atoms with E-state index in [0.717, 1.165) is 21.5 Å². The number of pyridine rings is 1. The summed E-state index contributed by atoms with van der Waals surface area (Å²) in [6, 6.07) is 0. The Balaban J connectivity index is 2.87. The largest absolute Gasteiger partial charge is 0.238 e. The van der Waals surface area contributed by atoms with Crippen LogP contribution in [0, 0.1) is 0 Å². The van der Waals surface area contributed by atoms with E-state index in [-0.39, 0.29) is 10.8 Å². The maximum Gasteiger partial charge on any atom is 0.134 e. The van der Waals surface area contributed by atoms with Crippen molar-refractivity contribution in [3.05, 3.63) is 16.4 Å². The molecule has 0 spiro atoms. The predicted molar refractivity (Wildman–Crippen MR) is 77.6 cm³/mol. The molecule has 0 unspecified atom stereocenters. The molecule has 0 aliphatic carbocycles. The topological polar surface area (TPSA) is 38.7 Å². The fraction of sp³-hybridized carbons (Fsp3) is 0.615. The lowest BCUT2D eigenvalue weighted by Crippen LogP contribution is -2.18. The molecular weight excluding hydrogens is 266 g/mol. The second-order valence-electron chi connectivity index (χ2n) is 6.58. The van der Waals surface area contributed by atoms with Crippen molar-refractivity contribution >= 4 is 33.4 Å². The molecule has 0 fully saturated rings. The van der Waals surface area contributed by atoms with Crippen LogP contribution < -0.4 is 0 Å². The molecule has 0 saturated heterocycles. The highest BCUT2D eigenvalue weighted by molar-refractivity contribution is 7.13. The zero-order valence-corrected chi connectivity index (χ0v) is 13.2. The van der Waals surface area contributed by atoms with E-state index in [4.69, 9.17) is 11.6 Å². The van der Waals surface area contributed by atoms with Crippen LogP contribution in [0.5, 0.6) is 0 Å². The van der Waals surface area contributed by atoms with Crippen molar-refractivity contribution in [1.29, 1.82) is 0 Å². The van der Waals surface area contributed by atoms with Gasteiger partial charge in [0, 0.05) is 11.0 Å². The molecule has 2 aromatic heterocycles. The third kappa shape index (κ3) is 2.24. The Bertz CT molecular complexity index is 591. The molecule has 0 amide bonds. The smallest absolute Gasteiger partial charge is 0.134 e. The molecule has 5 heteroatoms. The van der Waals surface area contributed by atoms with Crippen molar-refractivity contribution in [2.45, 2.75) is 52.4 Å². The van der Waals surface area contributed by atoms with Crippen LogP contribution in [0.2, 0.25) is 5.15 Å². The Hall–Kier alpha value is -0.740. The lowest BCUT2D eigenvalue weighted by Gasteiger charge is -2.24. The molecule has 0 bridgehead atoms. The van der Waals surface area contributed by atoms with E-state index < -0.39 is 0 Å². The van der Waals surface area contributed by atoms with Crippen molar-refractivity contribution in [3.63, 3.8) is 0 Å². The van der Waals surface area contributed by atoms with Gasteiger partial charge in [-0.2, -0.15) is 0 Å². The van der Waals surface area contributed by atoms with Gasteiger partial charge in [0.1, 0.15) is 10.7 Å². The number of aromatic nitrogens is 3. The minimum absolute atomic E-state index is 0.0625. The van der Waals surface area contributed by atoms with Gasteiger partial charge >= 0.3 is 0 Å². The Morgan fingerprint density at radius 1 is 1.00 bits per heavy atom. The van der Waals surface area contributed by atoms with Gasteiger partial charge in [-0.1, -0.05) is 57.6 Å². The number of nitrogens with zero attached hydrogens (tertiary/aromatic N) is 3. The quantitative estimate of drug-likeness (QED) is 0.675. The summed E-state index contributed by atoms with van der Waals surface area (Å²) >= 11 is 7.80. The summed E-state index contributed by atoms with van der Waals surface area (Å²) in [4.78, 5) is 4.58. The number of hydrogen-bond donors (Lipinski definition) is 0. The fourth-order valence-electron chi connectivity index (χ4n) is 1.98. The van der Waals surface area contributed by atoms with Crippen LogP contribution in [0.25, 0.3) is 10.2 Å². The first-order valence-corrected chi connectivity index (χ1v) is 7.10. The summed E-state index contributed by atoms with van der Waals surface area (Å²) in [5.74, 6) is 0. The second-order valence-corrected chi connectivity index (χ2v) is 7.69. The summed E-state index contributed by atoms with van der Waals surface area (Å²) in [7, 11) is 0. The van der Waals surface area contributed by atoms with Crippen LogP contribution in [-0.4, -0.2) is 14.6 Å². The zero-order chi connectivity index (χ0) is 13.7. The highest BCUT2D eigenvalue weighted by atomic mass is 35.5. The van der Waals surface area contributed by atoms with E-state index in [1.54, 1.807) is 0 Å². The van der Waals surface area contributed by atoms with Crippen molar-refractivity contribution in [3.8, 4) is 0 Å². The SMILES string of the molecule is CC(C)(C)c1nc(Cl)c(C(C)(C)C)c2snnc12. The summed E-state index contributed by atoms with van der Waals surface area (Å²) in [5.41, 5.74) is 2.70. The molecule has 0 aliphatic rings. The molecule has 0 aliphatic heterocycles. The van der Waals surface area contributed by atoms with Crippen LogP contribution in [0.3, 0.4) is 0 Å². The standard InChI is InChI=1S/C13H18ClN3S/c1-12(2,3)7-9-8(16-17-18-9)10(13(4,5)6)15-11(7)14/h1-6H3. The maximum absolute atomic E-state index is 6.40. The summed E-state index contributed by atoms with van der Waals surface area (Å²) in [6.45, 7) is 12.7. The minimum Gasteiger partial charge on any atom is -0.238 e. The van der Waals surface area contributed by atoms with Gasteiger partial charge in [-0.15, -0.1) is 5.10 Å². The molecule has 18 heavy (non-hydrogen) atoms. The van der Waals surface area contributed by atoms with Crippen molar-refractivity contribution in [2.75, 3.05) is 0 Å². The first-order chi connectivity index (χ1) is 8.12. The van der Waals surface area contributed by atoms with E-state index >= 15 is 0 Å². The highest BCUT2D eigenvalue weighted by Crippen LogP contribution is 2.39. The van der Waals surface area contributed by atoms with Crippen molar-refractivity contribution < 1.29 is 0 Å². The molecule has 0 atom stereocenters. The summed E-state index contributed by atoms with van der Waals surface area (Å²) in [6.07, 6.45) is 0. The lowest BCUT2D eigenvalue weighted by molar-refractivity contribution is 0.565. The van der Waals surface area contributed by atoms with Crippen LogP contribution in [0.4, 0.5) is 0 Å². The highest BCUT2D eigenvalue weighted by Gasteiger charge is 2.29. The van der Waals surface area contributed by atoms with Crippen molar-refractivity contribution in [2.24, 2.45) is 0 Å². The monoisotopic (exact) mass is 283 g/mol. The third-order valence-electron chi connectivity index (χ3n) is 2.82. The van der Waals surface area contributed by atoms with E-state index in [9.17, 15) is 0 Å². The molecule has 0 saturated carbocycles. The van der Waals surface area contributed by atoms with E-state index in [1.165, 1.54) is 11.5 Å². The van der Waals surface area contributed by atoms with Crippen LogP contribution >= 0.6 is 23.1 Å². The van der Waals surface area contributed by atoms with Crippen molar-refractivity contribution in [1.82, 2.24) is 14.6 Å². The van der Waals surface area contributed by atoms with E-state index in [1.807, 2.05) is 0 Å². The number of hydrogen-bond acceptors (Lipinski definition) is 4. The average Bonchev–Trinajstić information content (AvgIpc) is 2.60. The second kappa shape index (κ2) is 4.14. The van der Waals surface area contributed by atoms with Gasteiger partial charge in [0.15, 0.2) is 0 Å². The maximum atomic E-state index is 6.40. The fourth-order valence-corrected chi connectivity index (χ4v) is 3.42. The first kappa shape index (κ1) is 13.7. The zero-order valence-electron chi connectivity index (χ0n) is 11.6. The average molecular weight is 284 g/mol. The number of rotatable bonds is 0. The molecule has 98 valence electrons. The number of fused-ring (bicyclic) bond motifs is 1. The van der Waals surface area contributed by atoms with Gasteiger partial charge in [-0.05, 0) is 16.9 Å². The van der Waals surface area contributed by atoms with Crippen LogP contribution in [0.1, 0.15) is 52.8 Å². The van der Waals surface area contributed by atoms with Gasteiger partial charge in [0.05, 0.1) is 10.4 Å². The Labute approximate surface area is 117 Å². The molecule has 3 nitrogen and oxygen atoms in total. The van der Waals surface area contributed by atoms with Gasteiger partial charge in [-0.25, -0.2) is 4.98 Å². The molecule has 0 N–H and O–H groups in total. The molecule has 0 radical (unpaired) electrons. The molecule has 2 heterocycles. The predicted octanol–water partition coefficient (Wildman–Crippen LogP) is 4.33. The molecular formula is C13H18ClN3S. The Morgan fingerprint density at radius 2 is 1.61 bits per heavy atom.